The van der Waals surface area contributed by atoms with Gasteiger partial charge >= 0.3 is 0 Å². The summed E-state index contributed by atoms with van der Waals surface area (Å²) in [6, 6.07) is 0.185. The molecule has 0 spiro atoms. The zero-order valence-corrected chi connectivity index (χ0v) is 6.39. The number of hydrogen-bond donors (Lipinski definition) is 2. The summed E-state index contributed by atoms with van der Waals surface area (Å²) in [5.74, 6) is 0. The molecule has 0 aliphatic rings. The first-order chi connectivity index (χ1) is 4.09. The fourth-order valence-corrected chi connectivity index (χ4v) is 0.940. The van der Waals surface area contributed by atoms with Crippen molar-refractivity contribution in [1.29, 1.82) is 0 Å². The molecule has 2 unspecified atom stereocenters. The molecule has 0 heterocycles. The van der Waals surface area contributed by atoms with Gasteiger partial charge in [-0.25, -0.2) is 0 Å². The molecule has 2 nitrogen and oxygen atoms in total. The lowest BCUT2D eigenvalue weighted by molar-refractivity contribution is 0.732. The minimum absolute atomic E-state index is 0.0926. The molecule has 0 saturated carbocycles. The second-order valence-electron chi connectivity index (χ2n) is 2.37. The third-order valence-electron chi connectivity index (χ3n) is 1.38. The van der Waals surface area contributed by atoms with E-state index < -0.39 is 0 Å². The first-order valence-electron chi connectivity index (χ1n) is 3.26. The Hall–Kier alpha value is -0.340. The van der Waals surface area contributed by atoms with Crippen molar-refractivity contribution in [3.8, 4) is 0 Å². The van der Waals surface area contributed by atoms with E-state index in [1.165, 1.54) is 0 Å². The summed E-state index contributed by atoms with van der Waals surface area (Å²) in [6.45, 7) is 5.85. The summed E-state index contributed by atoms with van der Waals surface area (Å²) in [4.78, 5) is 0. The molecule has 54 valence electrons. The van der Waals surface area contributed by atoms with E-state index in [4.69, 9.17) is 11.5 Å². The van der Waals surface area contributed by atoms with Crippen molar-refractivity contribution in [2.75, 3.05) is 0 Å². The van der Waals surface area contributed by atoms with Crippen LogP contribution in [0.25, 0.3) is 0 Å². The monoisotopic (exact) mass is 128 g/mol. The molecule has 0 aromatic rings. The van der Waals surface area contributed by atoms with Crippen LogP contribution >= 0.6 is 0 Å². The van der Waals surface area contributed by atoms with E-state index in [2.05, 4.69) is 0 Å². The van der Waals surface area contributed by atoms with Crippen molar-refractivity contribution >= 4 is 0 Å². The summed E-state index contributed by atoms with van der Waals surface area (Å²) in [6.07, 6.45) is 1.98. The van der Waals surface area contributed by atoms with Crippen molar-refractivity contribution in [2.45, 2.75) is 32.9 Å². The Morgan fingerprint density at radius 2 is 1.56 bits per heavy atom. The van der Waals surface area contributed by atoms with Gasteiger partial charge in [0.05, 0.1) is 0 Å². The molecule has 0 aliphatic carbocycles. The van der Waals surface area contributed by atoms with Gasteiger partial charge in [-0.3, -0.25) is 0 Å². The van der Waals surface area contributed by atoms with Crippen LogP contribution in [0.4, 0.5) is 0 Å². The van der Waals surface area contributed by atoms with Crippen molar-refractivity contribution in [3.05, 3.63) is 11.6 Å². The average molecular weight is 128 g/mol. The summed E-state index contributed by atoms with van der Waals surface area (Å²) in [7, 11) is 0. The quantitative estimate of drug-likeness (QED) is 0.536. The molecule has 0 aliphatic heterocycles. The third kappa shape index (κ3) is 2.63. The predicted octanol–water partition coefficient (Wildman–Crippen LogP) is 0.627. The van der Waals surface area contributed by atoms with Gasteiger partial charge in [-0.1, -0.05) is 6.08 Å². The van der Waals surface area contributed by atoms with Crippen LogP contribution in [0, 0.1) is 0 Å². The molecule has 0 aromatic carbocycles. The van der Waals surface area contributed by atoms with Crippen molar-refractivity contribution in [2.24, 2.45) is 11.5 Å². The van der Waals surface area contributed by atoms with E-state index in [-0.39, 0.29) is 12.1 Å². The largest absolute Gasteiger partial charge is 0.324 e. The molecule has 0 amide bonds. The lowest BCUT2D eigenvalue weighted by atomic mass is 10.0. The van der Waals surface area contributed by atoms with Crippen LogP contribution in [0.15, 0.2) is 11.6 Å². The number of hydrogen-bond acceptors (Lipinski definition) is 2. The van der Waals surface area contributed by atoms with Crippen LogP contribution in [-0.2, 0) is 0 Å². The standard InChI is InChI=1S/C7H16N2/c1-4-7(5(2)8)6(3)9/h4-6H,8-9H2,1-3H3. The molecule has 0 fully saturated rings. The van der Waals surface area contributed by atoms with Crippen molar-refractivity contribution in [1.82, 2.24) is 0 Å². The molecule has 2 atom stereocenters. The van der Waals surface area contributed by atoms with Crippen molar-refractivity contribution in [3.63, 3.8) is 0 Å². The normalized spacial score (nSPS) is 16.6. The summed E-state index contributed by atoms with van der Waals surface area (Å²) in [5, 5.41) is 0. The summed E-state index contributed by atoms with van der Waals surface area (Å²) < 4.78 is 0. The Morgan fingerprint density at radius 3 is 1.56 bits per heavy atom. The Labute approximate surface area is 56.9 Å². The van der Waals surface area contributed by atoms with E-state index in [0.717, 1.165) is 5.57 Å². The van der Waals surface area contributed by atoms with E-state index in [1.807, 2.05) is 26.8 Å². The molecule has 2 heteroatoms. The molecule has 9 heavy (non-hydrogen) atoms. The van der Waals surface area contributed by atoms with Gasteiger partial charge in [-0.15, -0.1) is 0 Å². The molecule has 0 bridgehead atoms. The molecule has 0 rings (SSSR count). The molecular formula is C7H16N2. The summed E-state index contributed by atoms with van der Waals surface area (Å²) >= 11 is 0. The zero-order valence-electron chi connectivity index (χ0n) is 6.39. The van der Waals surface area contributed by atoms with E-state index in [9.17, 15) is 0 Å². The Morgan fingerprint density at radius 1 is 1.22 bits per heavy atom. The fourth-order valence-electron chi connectivity index (χ4n) is 0.940. The second kappa shape index (κ2) is 3.64. The Balaban J connectivity index is 4.01. The predicted molar refractivity (Wildman–Crippen MR) is 41.1 cm³/mol. The minimum Gasteiger partial charge on any atom is -0.324 e. The van der Waals surface area contributed by atoms with Gasteiger partial charge in [0.2, 0.25) is 0 Å². The maximum absolute atomic E-state index is 5.60. The topological polar surface area (TPSA) is 52.0 Å². The van der Waals surface area contributed by atoms with Gasteiger partial charge < -0.3 is 11.5 Å². The molecular weight excluding hydrogens is 112 g/mol. The lowest BCUT2D eigenvalue weighted by Gasteiger charge is -2.13. The van der Waals surface area contributed by atoms with Gasteiger partial charge in [-0.05, 0) is 26.3 Å². The number of allylic oxidation sites excluding steroid dienone is 1. The average Bonchev–Trinajstić information content (AvgIpc) is 1.64. The van der Waals surface area contributed by atoms with Gasteiger partial charge in [0.1, 0.15) is 0 Å². The van der Waals surface area contributed by atoms with Crippen LogP contribution in [0.2, 0.25) is 0 Å². The first-order valence-corrected chi connectivity index (χ1v) is 3.26. The molecule has 0 saturated heterocycles. The van der Waals surface area contributed by atoms with Crippen LogP contribution in [0.1, 0.15) is 20.8 Å². The van der Waals surface area contributed by atoms with Gasteiger partial charge in [0, 0.05) is 12.1 Å². The SMILES string of the molecule is CC=C(C(C)N)C(C)N. The van der Waals surface area contributed by atoms with Gasteiger partial charge in [-0.2, -0.15) is 0 Å². The maximum atomic E-state index is 5.60. The van der Waals surface area contributed by atoms with Gasteiger partial charge in [0.25, 0.3) is 0 Å². The van der Waals surface area contributed by atoms with E-state index in [0.29, 0.717) is 0 Å². The zero-order chi connectivity index (χ0) is 7.44. The minimum atomic E-state index is 0.0926. The molecule has 0 aromatic heterocycles. The smallest absolute Gasteiger partial charge is 0.0240 e. The van der Waals surface area contributed by atoms with E-state index >= 15 is 0 Å². The first kappa shape index (κ1) is 8.66. The van der Waals surface area contributed by atoms with Crippen molar-refractivity contribution < 1.29 is 0 Å². The summed E-state index contributed by atoms with van der Waals surface area (Å²) in [5.41, 5.74) is 12.3. The second-order valence-corrected chi connectivity index (χ2v) is 2.37. The van der Waals surface area contributed by atoms with Crippen LogP contribution in [0.3, 0.4) is 0 Å². The third-order valence-corrected chi connectivity index (χ3v) is 1.38. The highest BCUT2D eigenvalue weighted by atomic mass is 14.7. The Kier molecular flexibility index (Phi) is 3.50. The highest BCUT2D eigenvalue weighted by molar-refractivity contribution is 5.13. The number of nitrogens with two attached hydrogens (primary N) is 2. The van der Waals surface area contributed by atoms with Crippen LogP contribution in [0.5, 0.6) is 0 Å². The maximum Gasteiger partial charge on any atom is 0.0240 e. The highest BCUT2D eigenvalue weighted by Crippen LogP contribution is 2.02. The van der Waals surface area contributed by atoms with Crippen LogP contribution in [-0.4, -0.2) is 12.1 Å². The van der Waals surface area contributed by atoms with E-state index in [1.54, 1.807) is 0 Å². The van der Waals surface area contributed by atoms with Gasteiger partial charge in [0.15, 0.2) is 0 Å². The van der Waals surface area contributed by atoms with Crippen LogP contribution < -0.4 is 11.5 Å². The molecule has 0 radical (unpaired) electrons. The molecule has 4 N–H and O–H groups in total. The fraction of sp³-hybridized carbons (Fsp3) is 0.714. The Bertz CT molecular complexity index is 93.5. The highest BCUT2D eigenvalue weighted by Gasteiger charge is 2.05. The number of rotatable bonds is 2. The lowest BCUT2D eigenvalue weighted by Crippen LogP contribution is -2.30.